The molecule has 0 radical (unpaired) electrons. The van der Waals surface area contributed by atoms with Gasteiger partial charge < -0.3 is 14.8 Å². The quantitative estimate of drug-likeness (QED) is 0.684. The van der Waals surface area contributed by atoms with Crippen LogP contribution in [0.4, 0.5) is 16.0 Å². The van der Waals surface area contributed by atoms with Gasteiger partial charge in [-0.3, -0.25) is 4.79 Å². The molecule has 0 unspecified atom stereocenters. The van der Waals surface area contributed by atoms with Crippen LogP contribution in [-0.2, 0) is 6.54 Å². The van der Waals surface area contributed by atoms with Gasteiger partial charge in [-0.2, -0.15) is 0 Å². The van der Waals surface area contributed by atoms with Gasteiger partial charge >= 0.3 is 0 Å². The molecule has 29 heavy (non-hydrogen) atoms. The number of aryl methyl sites for hydroxylation is 1. The molecule has 6 nitrogen and oxygen atoms in total. The molecule has 0 saturated heterocycles. The van der Waals surface area contributed by atoms with Crippen LogP contribution in [0.2, 0.25) is 0 Å². The third kappa shape index (κ3) is 4.29. The maximum Gasteiger partial charge on any atom is 0.272 e. The van der Waals surface area contributed by atoms with Gasteiger partial charge in [-0.15, -0.1) is 0 Å². The summed E-state index contributed by atoms with van der Waals surface area (Å²) in [5.41, 5.74) is 3.19. The molecule has 1 fully saturated rings. The number of hydrogen-bond acceptors (Lipinski definition) is 4. The third-order valence-corrected chi connectivity index (χ3v) is 5.03. The van der Waals surface area contributed by atoms with E-state index < -0.39 is 5.82 Å². The predicted octanol–water partition coefficient (Wildman–Crippen LogP) is 4.12. The smallest absolute Gasteiger partial charge is 0.272 e. The minimum Gasteiger partial charge on any atom is -0.347 e. The van der Waals surface area contributed by atoms with Crippen molar-refractivity contribution >= 4 is 17.5 Å². The summed E-state index contributed by atoms with van der Waals surface area (Å²) in [6.45, 7) is 2.58. The van der Waals surface area contributed by atoms with Gasteiger partial charge in [0.15, 0.2) is 0 Å². The molecule has 0 atom stereocenters. The van der Waals surface area contributed by atoms with Crippen LogP contribution in [0.3, 0.4) is 0 Å². The number of carbonyl (C=O) groups is 1. The van der Waals surface area contributed by atoms with E-state index in [2.05, 4.69) is 15.3 Å². The minimum absolute atomic E-state index is 0.181. The second-order valence-corrected chi connectivity index (χ2v) is 7.81. The molecule has 3 aromatic rings. The van der Waals surface area contributed by atoms with Gasteiger partial charge in [0.25, 0.3) is 5.91 Å². The zero-order valence-electron chi connectivity index (χ0n) is 16.8. The lowest BCUT2D eigenvalue weighted by Crippen LogP contribution is -2.18. The van der Waals surface area contributed by atoms with E-state index >= 15 is 0 Å². The zero-order valence-corrected chi connectivity index (χ0v) is 16.8. The molecule has 1 aliphatic rings. The van der Waals surface area contributed by atoms with Crippen molar-refractivity contribution in [3.63, 3.8) is 0 Å². The predicted molar refractivity (Wildman–Crippen MR) is 112 cm³/mol. The molecule has 0 spiro atoms. The minimum atomic E-state index is -0.438. The Hall–Kier alpha value is -3.22. The number of halogens is 1. The molecule has 1 saturated carbocycles. The van der Waals surface area contributed by atoms with Crippen LogP contribution in [0.15, 0.2) is 42.9 Å². The van der Waals surface area contributed by atoms with Crippen molar-refractivity contribution in [1.29, 1.82) is 0 Å². The zero-order chi connectivity index (χ0) is 20.5. The van der Waals surface area contributed by atoms with Crippen molar-refractivity contribution in [3.8, 4) is 11.1 Å². The van der Waals surface area contributed by atoms with Gasteiger partial charge in [0.2, 0.25) is 5.95 Å². The number of amides is 1. The first-order valence-corrected chi connectivity index (χ1v) is 9.68. The number of aromatic nitrogens is 3. The van der Waals surface area contributed by atoms with E-state index in [0.717, 1.165) is 23.2 Å². The van der Waals surface area contributed by atoms with E-state index in [-0.39, 0.29) is 11.6 Å². The number of nitrogens with one attached hydrogen (secondary N) is 1. The van der Waals surface area contributed by atoms with Crippen LogP contribution in [0.5, 0.6) is 0 Å². The fourth-order valence-corrected chi connectivity index (χ4v) is 3.20. The number of carbonyl (C=O) groups excluding carboxylic acids is 1. The Bertz CT molecular complexity index is 1040. The molecule has 1 aromatic carbocycles. The summed E-state index contributed by atoms with van der Waals surface area (Å²) in [5, 5.41) is 2.70. The van der Waals surface area contributed by atoms with Crippen LogP contribution in [0, 0.1) is 18.7 Å². The maximum atomic E-state index is 14.2. The Balaban J connectivity index is 1.63. The van der Waals surface area contributed by atoms with Crippen LogP contribution in [0.25, 0.3) is 11.1 Å². The monoisotopic (exact) mass is 393 g/mol. The van der Waals surface area contributed by atoms with Gasteiger partial charge in [0, 0.05) is 50.4 Å². The molecule has 2 heterocycles. The molecule has 7 heteroatoms. The molecule has 4 rings (SSSR count). The maximum absolute atomic E-state index is 14.2. The standard InChI is InChI=1S/C22H24FN5O/c1-14-4-7-19(18(23)8-14)26-21(29)20-9-16(13-28(20)12-15-5-6-15)17-10-24-22(25-11-17)27(2)3/h4,7-11,13,15H,5-6,12H2,1-3H3,(H,26,29). The molecule has 1 aliphatic carbocycles. The highest BCUT2D eigenvalue weighted by Crippen LogP contribution is 2.33. The summed E-state index contributed by atoms with van der Waals surface area (Å²) in [7, 11) is 3.77. The van der Waals surface area contributed by atoms with Crippen LogP contribution >= 0.6 is 0 Å². The normalized spacial score (nSPS) is 13.4. The Morgan fingerprint density at radius 1 is 1.21 bits per heavy atom. The van der Waals surface area contributed by atoms with Crippen molar-refractivity contribution in [3.05, 3.63) is 59.9 Å². The average Bonchev–Trinajstić information content (AvgIpc) is 3.40. The van der Waals surface area contributed by atoms with Crippen LogP contribution in [0.1, 0.15) is 28.9 Å². The van der Waals surface area contributed by atoms with E-state index in [9.17, 15) is 9.18 Å². The number of rotatable bonds is 6. The first-order valence-electron chi connectivity index (χ1n) is 9.68. The number of hydrogen-bond donors (Lipinski definition) is 1. The highest BCUT2D eigenvalue weighted by atomic mass is 19.1. The molecular weight excluding hydrogens is 369 g/mol. The number of benzene rings is 1. The fourth-order valence-electron chi connectivity index (χ4n) is 3.20. The SMILES string of the molecule is Cc1ccc(NC(=O)c2cc(-c3cnc(N(C)C)nc3)cn2CC2CC2)c(F)c1. The topological polar surface area (TPSA) is 63.1 Å². The van der Waals surface area contributed by atoms with Gasteiger partial charge in [-0.1, -0.05) is 6.07 Å². The lowest BCUT2D eigenvalue weighted by atomic mass is 10.2. The van der Waals surface area contributed by atoms with E-state index in [1.807, 2.05) is 42.7 Å². The molecule has 2 aromatic heterocycles. The highest BCUT2D eigenvalue weighted by Gasteiger charge is 2.25. The molecule has 1 amide bonds. The van der Waals surface area contributed by atoms with E-state index in [4.69, 9.17) is 0 Å². The van der Waals surface area contributed by atoms with Crippen LogP contribution in [-0.4, -0.2) is 34.5 Å². The summed E-state index contributed by atoms with van der Waals surface area (Å²) in [5.74, 6) is 0.446. The van der Waals surface area contributed by atoms with Crippen molar-refractivity contribution < 1.29 is 9.18 Å². The summed E-state index contributed by atoms with van der Waals surface area (Å²) >= 11 is 0. The van der Waals surface area contributed by atoms with E-state index in [1.54, 1.807) is 24.5 Å². The van der Waals surface area contributed by atoms with Crippen molar-refractivity contribution in [2.24, 2.45) is 5.92 Å². The number of nitrogens with zero attached hydrogens (tertiary/aromatic N) is 4. The first-order chi connectivity index (χ1) is 13.9. The van der Waals surface area contributed by atoms with Gasteiger partial charge in [-0.25, -0.2) is 14.4 Å². The third-order valence-electron chi connectivity index (χ3n) is 5.03. The van der Waals surface area contributed by atoms with Crippen molar-refractivity contribution in [2.45, 2.75) is 26.3 Å². The van der Waals surface area contributed by atoms with Gasteiger partial charge in [0.1, 0.15) is 11.5 Å². The van der Waals surface area contributed by atoms with E-state index in [1.165, 1.54) is 18.9 Å². The molecule has 0 bridgehead atoms. The molecule has 0 aliphatic heterocycles. The van der Waals surface area contributed by atoms with Crippen molar-refractivity contribution in [1.82, 2.24) is 14.5 Å². The summed E-state index contributed by atoms with van der Waals surface area (Å²) in [4.78, 5) is 23.5. The largest absolute Gasteiger partial charge is 0.347 e. The van der Waals surface area contributed by atoms with Crippen LogP contribution < -0.4 is 10.2 Å². The Morgan fingerprint density at radius 3 is 2.55 bits per heavy atom. The summed E-state index contributed by atoms with van der Waals surface area (Å²) in [6.07, 6.45) is 7.79. The lowest BCUT2D eigenvalue weighted by Gasteiger charge is -2.10. The van der Waals surface area contributed by atoms with E-state index in [0.29, 0.717) is 17.6 Å². The summed E-state index contributed by atoms with van der Waals surface area (Å²) < 4.78 is 16.1. The molecule has 150 valence electrons. The Labute approximate surface area is 169 Å². The Morgan fingerprint density at radius 2 is 1.93 bits per heavy atom. The molecular formula is C22H24FN5O. The van der Waals surface area contributed by atoms with Gasteiger partial charge in [0.05, 0.1) is 5.69 Å². The fraction of sp³-hybridized carbons (Fsp3) is 0.318. The van der Waals surface area contributed by atoms with Gasteiger partial charge in [-0.05, 0) is 49.4 Å². The lowest BCUT2D eigenvalue weighted by molar-refractivity contribution is 0.101. The second-order valence-electron chi connectivity index (χ2n) is 7.81. The molecule has 1 N–H and O–H groups in total. The number of anilines is 2. The van der Waals surface area contributed by atoms with Crippen molar-refractivity contribution in [2.75, 3.05) is 24.3 Å². The average molecular weight is 393 g/mol. The first kappa shape index (κ1) is 19.1. The highest BCUT2D eigenvalue weighted by molar-refractivity contribution is 6.04. The Kier molecular flexibility index (Phi) is 5.05. The summed E-state index contributed by atoms with van der Waals surface area (Å²) in [6, 6.07) is 6.59. The second kappa shape index (κ2) is 7.66.